The van der Waals surface area contributed by atoms with Crippen molar-refractivity contribution in [2.75, 3.05) is 9.80 Å². The molecular weight excluding hydrogens is 853 g/mol. The Kier molecular flexibility index (Phi) is 9.66. The summed E-state index contributed by atoms with van der Waals surface area (Å²) in [5.74, 6) is 0. The van der Waals surface area contributed by atoms with Crippen molar-refractivity contribution in [3.8, 4) is 0 Å². The van der Waals surface area contributed by atoms with Gasteiger partial charge in [-0.3, -0.25) is 0 Å². The van der Waals surface area contributed by atoms with Crippen LogP contribution in [0.1, 0.15) is 86.1 Å². The molecule has 0 atom stereocenters. The van der Waals surface area contributed by atoms with Crippen molar-refractivity contribution in [2.24, 2.45) is 0 Å². The van der Waals surface area contributed by atoms with Gasteiger partial charge in [0.05, 0.1) is 22.7 Å². The Morgan fingerprint density at radius 2 is 0.686 bits per heavy atom. The third-order valence-corrected chi connectivity index (χ3v) is 15.1. The number of nitrogens with zero attached hydrogens (tertiary/aromatic N) is 2. The summed E-state index contributed by atoms with van der Waals surface area (Å²) in [6.45, 7) is 26.9. The molecule has 2 heterocycles. The van der Waals surface area contributed by atoms with Crippen LogP contribution in [0.3, 0.4) is 0 Å². The highest BCUT2D eigenvalue weighted by Gasteiger charge is 2.30. The first-order valence-electron chi connectivity index (χ1n) is 24.8. The molecule has 4 nitrogen and oxygen atoms in total. The lowest BCUT2D eigenvalue weighted by Crippen LogP contribution is -2.14. The van der Waals surface area contributed by atoms with Gasteiger partial charge < -0.3 is 18.6 Å². The van der Waals surface area contributed by atoms with Crippen molar-refractivity contribution >= 4 is 110 Å². The van der Waals surface area contributed by atoms with E-state index in [9.17, 15) is 0 Å². The van der Waals surface area contributed by atoms with Crippen molar-refractivity contribution in [1.29, 1.82) is 0 Å². The van der Waals surface area contributed by atoms with Gasteiger partial charge in [-0.2, -0.15) is 0 Å². The van der Waals surface area contributed by atoms with Gasteiger partial charge in [0.25, 0.3) is 0 Å². The van der Waals surface area contributed by atoms with Crippen LogP contribution in [0.4, 0.5) is 34.1 Å². The molecule has 0 aliphatic heterocycles. The molecule has 0 unspecified atom stereocenters. The maximum absolute atomic E-state index is 7.21. The van der Waals surface area contributed by atoms with Crippen molar-refractivity contribution in [1.82, 2.24) is 0 Å². The predicted octanol–water partition coefficient (Wildman–Crippen LogP) is 19.8. The Hall–Kier alpha value is -7.56. The molecule has 4 heteroatoms. The lowest BCUT2D eigenvalue weighted by atomic mass is 9.86. The topological polar surface area (TPSA) is 32.8 Å². The Labute approximate surface area is 411 Å². The highest BCUT2D eigenvalue weighted by Crippen LogP contribution is 2.53. The zero-order chi connectivity index (χ0) is 48.7. The molecular formula is C66H60N2O2. The summed E-state index contributed by atoms with van der Waals surface area (Å²) in [6.07, 6.45) is 0. The molecule has 0 N–H and O–H groups in total. The first kappa shape index (κ1) is 43.7. The predicted molar refractivity (Wildman–Crippen MR) is 300 cm³/mol. The third-order valence-electron chi connectivity index (χ3n) is 15.1. The van der Waals surface area contributed by atoms with E-state index in [4.69, 9.17) is 8.83 Å². The fourth-order valence-corrected chi connectivity index (χ4v) is 11.5. The van der Waals surface area contributed by atoms with E-state index in [0.29, 0.717) is 0 Å². The quantitative estimate of drug-likeness (QED) is 0.156. The van der Waals surface area contributed by atoms with Gasteiger partial charge in [0.15, 0.2) is 11.2 Å². The number of benzene rings is 10. The van der Waals surface area contributed by atoms with Crippen LogP contribution in [0.15, 0.2) is 154 Å². The third kappa shape index (κ3) is 6.56. The van der Waals surface area contributed by atoms with E-state index in [1.165, 1.54) is 65.7 Å². The molecule has 0 amide bonds. The standard InChI is InChI=1S/C66H60N2O2/c1-37-19-21-39(3)55(35-37)67(59-41(5)23-29-47-45-15-13-17-51(65(7,8)9)61(45)69-63(47)59)53-33-27-43-26-32-50-54(34-28-44-25-31-49(53)57(43)58(44)50)68(56-36-38(2)20-22-40(56)4)60-42(6)24-30-48-46-16-14-18-52(66(10,11)12)62(46)70-64(48)60/h13-36H,1-12H3. The van der Waals surface area contributed by atoms with E-state index in [-0.39, 0.29) is 10.8 Å². The first-order chi connectivity index (χ1) is 33.5. The summed E-state index contributed by atoms with van der Waals surface area (Å²) < 4.78 is 14.4. The molecule has 0 bridgehead atoms. The van der Waals surface area contributed by atoms with E-state index in [1.54, 1.807) is 0 Å². The first-order valence-corrected chi connectivity index (χ1v) is 24.8. The fraction of sp³-hybridized carbons (Fsp3) is 0.212. The Morgan fingerprint density at radius 1 is 0.329 bits per heavy atom. The van der Waals surface area contributed by atoms with Crippen LogP contribution in [0.5, 0.6) is 0 Å². The second-order valence-electron chi connectivity index (χ2n) is 22.1. The van der Waals surface area contributed by atoms with Crippen molar-refractivity contribution in [3.63, 3.8) is 0 Å². The molecule has 0 aliphatic rings. The minimum Gasteiger partial charge on any atom is -0.454 e. The SMILES string of the molecule is Cc1ccc(C)c(N(c2ccc3ccc4c(N(c5cc(C)ccc5C)c5c(C)ccc6c5oc5c(C(C)(C)C)cccc56)ccc5ccc2c3c54)c2c(C)ccc3c2oc2c(C(C)(C)C)cccc23)c1. The molecule has 12 rings (SSSR count). The smallest absolute Gasteiger partial charge is 0.159 e. The lowest BCUT2D eigenvalue weighted by molar-refractivity contribution is 0.572. The Bertz CT molecular complexity index is 3840. The van der Waals surface area contributed by atoms with Crippen molar-refractivity contribution in [2.45, 2.75) is 93.9 Å². The number of furan rings is 2. The molecule has 346 valence electrons. The number of anilines is 6. The number of rotatable bonds is 6. The molecule has 0 aliphatic carbocycles. The van der Waals surface area contributed by atoms with Crippen molar-refractivity contribution in [3.05, 3.63) is 190 Å². The largest absolute Gasteiger partial charge is 0.454 e. The number of fused-ring (bicyclic) bond motifs is 6. The van der Waals surface area contributed by atoms with E-state index in [1.807, 2.05) is 0 Å². The molecule has 2 aromatic heterocycles. The molecule has 0 saturated heterocycles. The van der Waals surface area contributed by atoms with Gasteiger partial charge in [-0.25, -0.2) is 0 Å². The summed E-state index contributed by atoms with van der Waals surface area (Å²) in [7, 11) is 0. The zero-order valence-electron chi connectivity index (χ0n) is 42.6. The minimum absolute atomic E-state index is 0.0962. The maximum Gasteiger partial charge on any atom is 0.159 e. The van der Waals surface area contributed by atoms with Crippen LogP contribution in [0.2, 0.25) is 0 Å². The number of aryl methyl sites for hydroxylation is 6. The summed E-state index contributed by atoms with van der Waals surface area (Å²) in [4.78, 5) is 4.98. The highest BCUT2D eigenvalue weighted by atomic mass is 16.3. The number of hydrogen-bond acceptors (Lipinski definition) is 4. The molecule has 12 aromatic rings. The Morgan fingerprint density at radius 3 is 1.09 bits per heavy atom. The van der Waals surface area contributed by atoms with Gasteiger partial charge in [-0.15, -0.1) is 0 Å². The molecule has 0 fully saturated rings. The molecule has 10 aromatic carbocycles. The summed E-state index contributed by atoms with van der Waals surface area (Å²) in [6, 6.07) is 54.5. The molecule has 0 spiro atoms. The zero-order valence-corrected chi connectivity index (χ0v) is 42.6. The average molecular weight is 913 g/mol. The minimum atomic E-state index is -0.0962. The van der Waals surface area contributed by atoms with Crippen LogP contribution < -0.4 is 9.80 Å². The van der Waals surface area contributed by atoms with Gasteiger partial charge in [0.2, 0.25) is 0 Å². The van der Waals surface area contributed by atoms with Gasteiger partial charge in [0, 0.05) is 54.8 Å². The summed E-state index contributed by atoms with van der Waals surface area (Å²) in [5, 5.41) is 11.8. The van der Waals surface area contributed by atoms with E-state index in [2.05, 4.69) is 238 Å². The van der Waals surface area contributed by atoms with E-state index < -0.39 is 0 Å². The molecule has 0 radical (unpaired) electrons. The number of para-hydroxylation sites is 2. The van der Waals surface area contributed by atoms with Gasteiger partial charge in [0.1, 0.15) is 11.2 Å². The Balaban J connectivity index is 1.16. The van der Waals surface area contributed by atoms with Crippen LogP contribution in [-0.4, -0.2) is 0 Å². The summed E-state index contributed by atoms with van der Waals surface area (Å²) >= 11 is 0. The van der Waals surface area contributed by atoms with E-state index in [0.717, 1.165) is 89.1 Å². The second-order valence-corrected chi connectivity index (χ2v) is 22.1. The fourth-order valence-electron chi connectivity index (χ4n) is 11.5. The lowest BCUT2D eigenvalue weighted by Gasteiger charge is -2.31. The van der Waals surface area contributed by atoms with Gasteiger partial charge in [-0.1, -0.05) is 163 Å². The van der Waals surface area contributed by atoms with Crippen LogP contribution in [0.25, 0.3) is 76.2 Å². The van der Waals surface area contributed by atoms with Crippen LogP contribution >= 0.6 is 0 Å². The van der Waals surface area contributed by atoms with Gasteiger partial charge >= 0.3 is 0 Å². The van der Waals surface area contributed by atoms with Crippen LogP contribution in [0, 0.1) is 41.5 Å². The maximum atomic E-state index is 7.21. The normalized spacial score (nSPS) is 12.6. The molecule has 0 saturated carbocycles. The van der Waals surface area contributed by atoms with Gasteiger partial charge in [-0.05, 0) is 132 Å². The highest BCUT2D eigenvalue weighted by molar-refractivity contribution is 6.29. The number of hydrogen-bond donors (Lipinski definition) is 0. The average Bonchev–Trinajstić information content (AvgIpc) is 3.90. The summed E-state index contributed by atoms with van der Waals surface area (Å²) in [5.41, 5.74) is 19.6. The van der Waals surface area contributed by atoms with Crippen LogP contribution in [-0.2, 0) is 10.8 Å². The monoisotopic (exact) mass is 912 g/mol. The molecule has 70 heavy (non-hydrogen) atoms. The van der Waals surface area contributed by atoms with E-state index >= 15 is 0 Å². The second kappa shape index (κ2) is 15.5. The van der Waals surface area contributed by atoms with Crippen molar-refractivity contribution < 1.29 is 8.83 Å².